The number of anilines is 1. The van der Waals surface area contributed by atoms with Crippen molar-refractivity contribution in [1.29, 1.82) is 0 Å². The zero-order valence-electron chi connectivity index (χ0n) is 15.9. The van der Waals surface area contributed by atoms with Gasteiger partial charge in [0.1, 0.15) is 0 Å². The number of benzene rings is 1. The molecule has 0 bridgehead atoms. The quantitative estimate of drug-likeness (QED) is 0.841. The third-order valence-electron chi connectivity index (χ3n) is 5.32. The van der Waals surface area contributed by atoms with Gasteiger partial charge in [0.25, 0.3) is 0 Å². The van der Waals surface area contributed by atoms with E-state index in [2.05, 4.69) is 47.9 Å². The van der Waals surface area contributed by atoms with Crippen LogP contribution < -0.4 is 4.90 Å². The first-order valence-corrected chi connectivity index (χ1v) is 9.44. The molecule has 0 N–H and O–H groups in total. The summed E-state index contributed by atoms with van der Waals surface area (Å²) < 4.78 is 5.75. The summed E-state index contributed by atoms with van der Waals surface area (Å²) in [5.74, 6) is 0.242. The predicted octanol–water partition coefficient (Wildman–Crippen LogP) is 2.14. The maximum absolute atomic E-state index is 12.9. The molecule has 3 rings (SSSR count). The molecule has 2 heterocycles. The minimum absolute atomic E-state index is 0.0582. The second-order valence-corrected chi connectivity index (χ2v) is 7.54. The lowest BCUT2D eigenvalue weighted by atomic mass is 10.1. The second kappa shape index (κ2) is 7.75. The van der Waals surface area contributed by atoms with Crippen LogP contribution in [0.15, 0.2) is 24.3 Å². The van der Waals surface area contributed by atoms with Gasteiger partial charge in [-0.3, -0.25) is 9.69 Å². The van der Waals surface area contributed by atoms with E-state index >= 15 is 0 Å². The SMILES string of the molecule is Cc1cccc(N2CCN(C(C)C(=O)N3CC(C)OC(C)C3)CC2)c1. The van der Waals surface area contributed by atoms with Gasteiger partial charge in [-0.05, 0) is 45.4 Å². The predicted molar refractivity (Wildman–Crippen MR) is 101 cm³/mol. The molecular formula is C20H31N3O2. The van der Waals surface area contributed by atoms with Crippen LogP contribution in [0.3, 0.4) is 0 Å². The third-order valence-corrected chi connectivity index (χ3v) is 5.32. The fourth-order valence-electron chi connectivity index (χ4n) is 3.97. The van der Waals surface area contributed by atoms with Gasteiger partial charge < -0.3 is 14.5 Å². The van der Waals surface area contributed by atoms with Crippen LogP contribution in [-0.4, -0.2) is 73.2 Å². The van der Waals surface area contributed by atoms with Gasteiger partial charge >= 0.3 is 0 Å². The van der Waals surface area contributed by atoms with Crippen molar-refractivity contribution in [1.82, 2.24) is 9.80 Å². The number of carbonyl (C=O) groups excluding carboxylic acids is 1. The Morgan fingerprint density at radius 3 is 2.36 bits per heavy atom. The molecule has 3 atom stereocenters. The Hall–Kier alpha value is -1.59. The molecule has 1 aromatic carbocycles. The standard InChI is InChI=1S/C20H31N3O2/c1-15-6-5-7-19(12-15)22-10-8-21(9-11-22)18(4)20(24)23-13-16(2)25-17(3)14-23/h5-7,12,16-18H,8-11,13-14H2,1-4H3. The van der Waals surface area contributed by atoms with E-state index in [1.54, 1.807) is 0 Å². The Morgan fingerprint density at radius 2 is 1.76 bits per heavy atom. The van der Waals surface area contributed by atoms with Crippen molar-refractivity contribution in [3.63, 3.8) is 0 Å². The smallest absolute Gasteiger partial charge is 0.239 e. The van der Waals surface area contributed by atoms with Crippen LogP contribution in [0.25, 0.3) is 0 Å². The molecule has 0 saturated carbocycles. The minimum atomic E-state index is -0.0582. The number of nitrogens with zero attached hydrogens (tertiary/aromatic N) is 3. The van der Waals surface area contributed by atoms with Crippen LogP contribution in [0.5, 0.6) is 0 Å². The van der Waals surface area contributed by atoms with E-state index in [9.17, 15) is 4.79 Å². The van der Waals surface area contributed by atoms with Gasteiger partial charge in [0.05, 0.1) is 18.2 Å². The Morgan fingerprint density at radius 1 is 1.12 bits per heavy atom. The van der Waals surface area contributed by atoms with Crippen molar-refractivity contribution in [2.24, 2.45) is 0 Å². The second-order valence-electron chi connectivity index (χ2n) is 7.54. The largest absolute Gasteiger partial charge is 0.372 e. The fraction of sp³-hybridized carbons (Fsp3) is 0.650. The number of hydrogen-bond acceptors (Lipinski definition) is 4. The molecule has 1 amide bonds. The molecule has 25 heavy (non-hydrogen) atoms. The van der Waals surface area contributed by atoms with Gasteiger partial charge in [0.2, 0.25) is 5.91 Å². The summed E-state index contributed by atoms with van der Waals surface area (Å²) in [5, 5.41) is 0. The molecule has 5 heteroatoms. The normalized spacial score (nSPS) is 26.6. The maximum Gasteiger partial charge on any atom is 0.239 e. The summed E-state index contributed by atoms with van der Waals surface area (Å²) in [7, 11) is 0. The Bertz CT molecular complexity index is 588. The van der Waals surface area contributed by atoms with Gasteiger partial charge in [-0.1, -0.05) is 12.1 Å². The van der Waals surface area contributed by atoms with E-state index < -0.39 is 0 Å². The van der Waals surface area contributed by atoms with Crippen LogP contribution >= 0.6 is 0 Å². The number of piperazine rings is 1. The Kier molecular flexibility index (Phi) is 5.64. The summed E-state index contributed by atoms with van der Waals surface area (Å²) in [6.45, 7) is 13.5. The van der Waals surface area contributed by atoms with Crippen molar-refractivity contribution in [3.05, 3.63) is 29.8 Å². The zero-order chi connectivity index (χ0) is 18.0. The Labute approximate surface area is 151 Å². The van der Waals surface area contributed by atoms with Crippen molar-refractivity contribution >= 4 is 11.6 Å². The first-order valence-electron chi connectivity index (χ1n) is 9.44. The zero-order valence-corrected chi connectivity index (χ0v) is 15.9. The number of amides is 1. The lowest BCUT2D eigenvalue weighted by Crippen LogP contribution is -2.57. The average Bonchev–Trinajstić information content (AvgIpc) is 2.60. The average molecular weight is 345 g/mol. The van der Waals surface area contributed by atoms with Crippen LogP contribution in [0.4, 0.5) is 5.69 Å². The van der Waals surface area contributed by atoms with Gasteiger partial charge in [0.15, 0.2) is 0 Å². The topological polar surface area (TPSA) is 36.0 Å². The van der Waals surface area contributed by atoms with Crippen LogP contribution in [-0.2, 0) is 9.53 Å². The molecule has 138 valence electrons. The molecule has 2 aliphatic heterocycles. The van der Waals surface area contributed by atoms with E-state index in [0.29, 0.717) is 13.1 Å². The highest BCUT2D eigenvalue weighted by Gasteiger charge is 2.32. The first kappa shape index (κ1) is 18.2. The molecule has 1 aromatic rings. The minimum Gasteiger partial charge on any atom is -0.372 e. The lowest BCUT2D eigenvalue weighted by molar-refractivity contribution is -0.148. The van der Waals surface area contributed by atoms with E-state index in [1.165, 1.54) is 11.3 Å². The highest BCUT2D eigenvalue weighted by molar-refractivity contribution is 5.81. The number of hydrogen-bond donors (Lipinski definition) is 0. The Balaban J connectivity index is 1.56. The van der Waals surface area contributed by atoms with Crippen molar-refractivity contribution in [3.8, 4) is 0 Å². The van der Waals surface area contributed by atoms with E-state index in [1.807, 2.05) is 18.7 Å². The number of ether oxygens (including phenoxy) is 1. The van der Waals surface area contributed by atoms with Crippen LogP contribution in [0.2, 0.25) is 0 Å². The first-order chi connectivity index (χ1) is 11.9. The van der Waals surface area contributed by atoms with Crippen molar-refractivity contribution in [2.75, 3.05) is 44.2 Å². The van der Waals surface area contributed by atoms with Gasteiger partial charge in [-0.25, -0.2) is 0 Å². The number of rotatable bonds is 3. The maximum atomic E-state index is 12.9. The van der Waals surface area contributed by atoms with Gasteiger partial charge in [0, 0.05) is 45.0 Å². The summed E-state index contributed by atoms with van der Waals surface area (Å²) >= 11 is 0. The molecule has 2 aliphatic rings. The molecule has 3 unspecified atom stereocenters. The highest BCUT2D eigenvalue weighted by atomic mass is 16.5. The molecule has 2 fully saturated rings. The number of morpholine rings is 1. The summed E-state index contributed by atoms with van der Waals surface area (Å²) in [4.78, 5) is 19.6. The van der Waals surface area contributed by atoms with Crippen molar-refractivity contribution in [2.45, 2.75) is 45.9 Å². The van der Waals surface area contributed by atoms with E-state index in [4.69, 9.17) is 4.74 Å². The number of aryl methyl sites for hydroxylation is 1. The van der Waals surface area contributed by atoms with Crippen LogP contribution in [0.1, 0.15) is 26.3 Å². The molecule has 0 aromatic heterocycles. The van der Waals surface area contributed by atoms with E-state index in [-0.39, 0.29) is 24.2 Å². The van der Waals surface area contributed by atoms with E-state index in [0.717, 1.165) is 26.2 Å². The van der Waals surface area contributed by atoms with Gasteiger partial charge in [-0.15, -0.1) is 0 Å². The fourth-order valence-corrected chi connectivity index (χ4v) is 3.97. The summed E-state index contributed by atoms with van der Waals surface area (Å²) in [5.41, 5.74) is 2.58. The molecule has 2 saturated heterocycles. The molecule has 5 nitrogen and oxygen atoms in total. The lowest BCUT2D eigenvalue weighted by Gasteiger charge is -2.42. The molecule has 0 radical (unpaired) electrons. The van der Waals surface area contributed by atoms with Crippen LogP contribution in [0, 0.1) is 6.92 Å². The molecule has 0 spiro atoms. The summed E-state index contributed by atoms with van der Waals surface area (Å²) in [6.07, 6.45) is 0.246. The monoisotopic (exact) mass is 345 g/mol. The number of carbonyl (C=O) groups is 1. The van der Waals surface area contributed by atoms with Gasteiger partial charge in [-0.2, -0.15) is 0 Å². The third kappa shape index (κ3) is 4.33. The van der Waals surface area contributed by atoms with Crippen molar-refractivity contribution < 1.29 is 9.53 Å². The molecular weight excluding hydrogens is 314 g/mol. The summed E-state index contributed by atoms with van der Waals surface area (Å²) in [6, 6.07) is 8.60. The molecule has 0 aliphatic carbocycles. The highest BCUT2D eigenvalue weighted by Crippen LogP contribution is 2.20.